The topological polar surface area (TPSA) is 83.5 Å². The summed E-state index contributed by atoms with van der Waals surface area (Å²) in [4.78, 5) is 24.1. The summed E-state index contributed by atoms with van der Waals surface area (Å²) in [6.45, 7) is 3.78. The molecule has 0 amide bonds. The van der Waals surface area contributed by atoms with Gasteiger partial charge < -0.3 is 15.2 Å². The number of rotatable bonds is 3. The summed E-state index contributed by atoms with van der Waals surface area (Å²) in [5.74, 6) is -0.644. The first-order chi connectivity index (χ1) is 9.61. The number of para-hydroxylation sites is 1. The maximum absolute atomic E-state index is 12.1. The van der Waals surface area contributed by atoms with Gasteiger partial charge in [0, 0.05) is 5.39 Å². The average molecular weight is 276 g/mol. The minimum absolute atomic E-state index is 0.00602. The third-order valence-electron chi connectivity index (χ3n) is 2.83. The highest BCUT2D eigenvalue weighted by Crippen LogP contribution is 2.29. The Balaban J connectivity index is 2.70. The normalized spacial score (nSPS) is 10.5. The Kier molecular flexibility index (Phi) is 3.93. The number of nitrogen functional groups attached to an aromatic ring is 1. The Morgan fingerprint density at radius 1 is 1.15 bits per heavy atom. The SMILES string of the molecule is CCOC(=O)c1c(N)c2ccccc2n1C(=O)OCC. The van der Waals surface area contributed by atoms with Gasteiger partial charge in [0.1, 0.15) is 0 Å². The molecule has 1 heterocycles. The van der Waals surface area contributed by atoms with Crippen molar-refractivity contribution in [2.24, 2.45) is 0 Å². The lowest BCUT2D eigenvalue weighted by Gasteiger charge is -2.08. The van der Waals surface area contributed by atoms with Crippen molar-refractivity contribution in [2.45, 2.75) is 13.8 Å². The van der Waals surface area contributed by atoms with Crippen LogP contribution in [0.3, 0.4) is 0 Å². The van der Waals surface area contributed by atoms with Gasteiger partial charge >= 0.3 is 12.1 Å². The molecule has 0 saturated heterocycles. The van der Waals surface area contributed by atoms with Gasteiger partial charge in [0.05, 0.1) is 24.4 Å². The van der Waals surface area contributed by atoms with Crippen LogP contribution in [0.4, 0.5) is 10.5 Å². The summed E-state index contributed by atoms with van der Waals surface area (Å²) in [6.07, 6.45) is -0.650. The quantitative estimate of drug-likeness (QED) is 0.870. The number of aromatic nitrogens is 1. The van der Waals surface area contributed by atoms with Gasteiger partial charge in [-0.2, -0.15) is 0 Å². The molecule has 0 aliphatic heterocycles. The highest BCUT2D eigenvalue weighted by molar-refractivity contribution is 6.10. The molecular formula is C14H16N2O4. The van der Waals surface area contributed by atoms with Crippen LogP contribution < -0.4 is 5.73 Å². The zero-order valence-electron chi connectivity index (χ0n) is 11.4. The molecule has 2 aromatic rings. The number of anilines is 1. The second-order valence-corrected chi connectivity index (χ2v) is 4.03. The molecule has 6 heteroatoms. The molecule has 106 valence electrons. The molecule has 0 spiro atoms. The second-order valence-electron chi connectivity index (χ2n) is 4.03. The Morgan fingerprint density at radius 2 is 1.80 bits per heavy atom. The van der Waals surface area contributed by atoms with E-state index in [4.69, 9.17) is 15.2 Å². The minimum Gasteiger partial charge on any atom is -0.461 e. The van der Waals surface area contributed by atoms with Gasteiger partial charge in [0.15, 0.2) is 5.69 Å². The number of carbonyl (C=O) groups is 2. The highest BCUT2D eigenvalue weighted by Gasteiger charge is 2.26. The summed E-state index contributed by atoms with van der Waals surface area (Å²) in [6, 6.07) is 6.98. The van der Waals surface area contributed by atoms with Crippen LogP contribution in [-0.4, -0.2) is 29.8 Å². The van der Waals surface area contributed by atoms with E-state index in [1.807, 2.05) is 0 Å². The van der Waals surface area contributed by atoms with Crippen LogP contribution in [0.15, 0.2) is 24.3 Å². The number of nitrogens with zero attached hydrogens (tertiary/aromatic N) is 1. The van der Waals surface area contributed by atoms with Crippen molar-refractivity contribution in [3.63, 3.8) is 0 Å². The number of fused-ring (bicyclic) bond motifs is 1. The number of hydrogen-bond donors (Lipinski definition) is 1. The molecule has 20 heavy (non-hydrogen) atoms. The first kappa shape index (κ1) is 13.9. The molecule has 0 aliphatic carbocycles. The zero-order chi connectivity index (χ0) is 14.7. The van der Waals surface area contributed by atoms with E-state index in [1.54, 1.807) is 38.1 Å². The van der Waals surface area contributed by atoms with Crippen molar-refractivity contribution in [3.8, 4) is 0 Å². The zero-order valence-corrected chi connectivity index (χ0v) is 11.4. The van der Waals surface area contributed by atoms with E-state index in [0.717, 1.165) is 4.57 Å². The maximum Gasteiger partial charge on any atom is 0.419 e. The summed E-state index contributed by atoms with van der Waals surface area (Å²) in [5.41, 5.74) is 6.72. The smallest absolute Gasteiger partial charge is 0.419 e. The fourth-order valence-electron chi connectivity index (χ4n) is 2.04. The number of ether oxygens (including phenoxy) is 2. The molecule has 2 N–H and O–H groups in total. The molecule has 0 bridgehead atoms. The van der Waals surface area contributed by atoms with Crippen molar-refractivity contribution in [1.82, 2.24) is 4.57 Å². The van der Waals surface area contributed by atoms with Gasteiger partial charge in [-0.1, -0.05) is 18.2 Å². The number of nitrogens with two attached hydrogens (primary N) is 1. The van der Waals surface area contributed by atoms with Crippen molar-refractivity contribution >= 4 is 28.7 Å². The third kappa shape index (κ3) is 2.20. The van der Waals surface area contributed by atoms with Gasteiger partial charge in [-0.05, 0) is 19.9 Å². The molecule has 1 aromatic carbocycles. The van der Waals surface area contributed by atoms with Crippen LogP contribution >= 0.6 is 0 Å². The summed E-state index contributed by atoms with van der Waals surface area (Å²) in [7, 11) is 0. The largest absolute Gasteiger partial charge is 0.461 e. The standard InChI is InChI=1S/C14H16N2O4/c1-3-19-13(17)12-11(15)9-7-5-6-8-10(9)16(12)14(18)20-4-2/h5-8H,3-4,15H2,1-2H3. The molecule has 6 nitrogen and oxygen atoms in total. The van der Waals surface area contributed by atoms with E-state index in [2.05, 4.69) is 0 Å². The van der Waals surface area contributed by atoms with Crippen LogP contribution in [0, 0.1) is 0 Å². The van der Waals surface area contributed by atoms with Gasteiger partial charge in [-0.25, -0.2) is 14.2 Å². The van der Waals surface area contributed by atoms with Crippen molar-refractivity contribution in [2.75, 3.05) is 18.9 Å². The van der Waals surface area contributed by atoms with E-state index < -0.39 is 12.1 Å². The highest BCUT2D eigenvalue weighted by atomic mass is 16.6. The third-order valence-corrected chi connectivity index (χ3v) is 2.83. The predicted octanol–water partition coefficient (Wildman–Crippen LogP) is 2.40. The van der Waals surface area contributed by atoms with E-state index in [-0.39, 0.29) is 24.6 Å². The van der Waals surface area contributed by atoms with Gasteiger partial charge in [0.2, 0.25) is 0 Å². The van der Waals surface area contributed by atoms with E-state index >= 15 is 0 Å². The van der Waals surface area contributed by atoms with Crippen LogP contribution in [-0.2, 0) is 9.47 Å². The first-order valence-corrected chi connectivity index (χ1v) is 6.34. The maximum atomic E-state index is 12.1. The molecule has 0 fully saturated rings. The fraction of sp³-hybridized carbons (Fsp3) is 0.286. The number of hydrogen-bond acceptors (Lipinski definition) is 5. The monoisotopic (exact) mass is 276 g/mol. The molecule has 0 radical (unpaired) electrons. The first-order valence-electron chi connectivity index (χ1n) is 6.34. The molecule has 0 atom stereocenters. The van der Waals surface area contributed by atoms with Crippen molar-refractivity contribution in [1.29, 1.82) is 0 Å². The van der Waals surface area contributed by atoms with E-state index in [1.165, 1.54) is 0 Å². The molecular weight excluding hydrogens is 260 g/mol. The average Bonchev–Trinajstić information content (AvgIpc) is 2.73. The van der Waals surface area contributed by atoms with E-state index in [9.17, 15) is 9.59 Å². The number of esters is 1. The van der Waals surface area contributed by atoms with Crippen molar-refractivity contribution < 1.29 is 19.1 Å². The van der Waals surface area contributed by atoms with Gasteiger partial charge in [-0.15, -0.1) is 0 Å². The second kappa shape index (κ2) is 5.64. The Bertz CT molecular complexity index is 660. The molecule has 0 unspecified atom stereocenters. The predicted molar refractivity (Wildman–Crippen MR) is 74.7 cm³/mol. The molecule has 0 aliphatic rings. The summed E-state index contributed by atoms with van der Waals surface area (Å²) < 4.78 is 11.1. The van der Waals surface area contributed by atoms with Gasteiger partial charge in [-0.3, -0.25) is 0 Å². The molecule has 2 rings (SSSR count). The summed E-state index contributed by atoms with van der Waals surface area (Å²) in [5, 5.41) is 0.614. The van der Waals surface area contributed by atoms with Crippen molar-refractivity contribution in [3.05, 3.63) is 30.0 Å². The van der Waals surface area contributed by atoms with Gasteiger partial charge in [0.25, 0.3) is 0 Å². The van der Waals surface area contributed by atoms with Crippen LogP contribution in [0.2, 0.25) is 0 Å². The number of carbonyl (C=O) groups excluding carboxylic acids is 2. The fourth-order valence-corrected chi connectivity index (χ4v) is 2.04. The molecule has 1 aromatic heterocycles. The Hall–Kier alpha value is -2.50. The lowest BCUT2D eigenvalue weighted by molar-refractivity contribution is 0.0513. The van der Waals surface area contributed by atoms with E-state index in [0.29, 0.717) is 10.9 Å². The number of benzene rings is 1. The minimum atomic E-state index is -0.650. The van der Waals surface area contributed by atoms with Crippen LogP contribution in [0.1, 0.15) is 24.3 Å². The van der Waals surface area contributed by atoms with Crippen LogP contribution in [0.5, 0.6) is 0 Å². The Morgan fingerprint density at radius 3 is 2.45 bits per heavy atom. The lowest BCUT2D eigenvalue weighted by atomic mass is 10.2. The lowest BCUT2D eigenvalue weighted by Crippen LogP contribution is -2.21. The molecule has 0 saturated carbocycles. The summed E-state index contributed by atoms with van der Waals surface area (Å²) >= 11 is 0. The van der Waals surface area contributed by atoms with Crippen LogP contribution in [0.25, 0.3) is 10.9 Å². The Labute approximate surface area is 116 Å².